The number of rotatable bonds is 10. The predicted octanol–water partition coefficient (Wildman–Crippen LogP) is 6.56. The third kappa shape index (κ3) is 5.54. The smallest absolute Gasteiger partial charge is 0.178 e. The summed E-state index contributed by atoms with van der Waals surface area (Å²) in [5.74, 6) is 4.24. The molecule has 2 heterocycles. The zero-order chi connectivity index (χ0) is 32.8. The number of anilines is 3. The van der Waals surface area contributed by atoms with E-state index in [9.17, 15) is 9.59 Å². The van der Waals surface area contributed by atoms with Gasteiger partial charge in [0.2, 0.25) is 0 Å². The molecule has 2 saturated carbocycles. The molecule has 0 aromatic carbocycles. The number of pyridine rings is 1. The average Bonchev–Trinajstić information content (AvgIpc) is 3.33. The summed E-state index contributed by atoms with van der Waals surface area (Å²) in [6.07, 6.45) is 12.5. The number of carbonyl (C=O) groups is 2. The summed E-state index contributed by atoms with van der Waals surface area (Å²) >= 11 is 0. The molecule has 0 amide bonds. The molecular formula is C39H57N5O2. The van der Waals surface area contributed by atoms with Gasteiger partial charge in [0, 0.05) is 63.7 Å². The van der Waals surface area contributed by atoms with Crippen molar-refractivity contribution in [3.63, 3.8) is 0 Å². The number of aromatic nitrogens is 1. The Morgan fingerprint density at radius 1 is 1.00 bits per heavy atom. The Labute approximate surface area is 277 Å². The number of carbonyl (C=O) groups excluding carboxylic acids is 2. The van der Waals surface area contributed by atoms with Crippen LogP contribution in [0.1, 0.15) is 74.1 Å². The number of ketones is 2. The summed E-state index contributed by atoms with van der Waals surface area (Å²) < 4.78 is 0. The number of nitrogens with zero attached hydrogens (tertiary/aromatic N) is 5. The highest BCUT2D eigenvalue weighted by Crippen LogP contribution is 2.65. The molecule has 0 bridgehead atoms. The van der Waals surface area contributed by atoms with E-state index in [0.29, 0.717) is 30.1 Å². The molecule has 0 spiro atoms. The van der Waals surface area contributed by atoms with Gasteiger partial charge in [-0.05, 0) is 108 Å². The Morgan fingerprint density at radius 2 is 1.70 bits per heavy atom. The molecule has 46 heavy (non-hydrogen) atoms. The van der Waals surface area contributed by atoms with Crippen LogP contribution >= 0.6 is 0 Å². The van der Waals surface area contributed by atoms with Crippen LogP contribution in [0.2, 0.25) is 0 Å². The highest BCUT2D eigenvalue weighted by molar-refractivity contribution is 6.01. The Bertz CT molecular complexity index is 1420. The second kappa shape index (κ2) is 12.9. The van der Waals surface area contributed by atoms with E-state index in [2.05, 4.69) is 92.4 Å². The maximum absolute atomic E-state index is 14.2. The zero-order valence-corrected chi connectivity index (χ0v) is 29.5. The SMILES string of the molecule is CCN(CC)c1ccc(N2CCN(CC(=O)[C@H]3[C@H](C)CC4C5CCC6=CC(=O)C=C[C@]6(C)C5=CC[C@@]43C)CC2)nc1N(CC)CC. The van der Waals surface area contributed by atoms with Crippen molar-refractivity contribution in [3.8, 4) is 0 Å². The minimum Gasteiger partial charge on any atom is -0.369 e. The van der Waals surface area contributed by atoms with Gasteiger partial charge in [0.15, 0.2) is 17.4 Å². The molecule has 250 valence electrons. The minimum absolute atomic E-state index is 0.00955. The van der Waals surface area contributed by atoms with Crippen LogP contribution in [0.5, 0.6) is 0 Å². The maximum atomic E-state index is 14.2. The largest absolute Gasteiger partial charge is 0.369 e. The molecule has 1 aromatic heterocycles. The number of hydrogen-bond donors (Lipinski definition) is 0. The summed E-state index contributed by atoms with van der Waals surface area (Å²) in [5, 5.41) is 0. The number of allylic oxidation sites excluding steroid dienone is 6. The van der Waals surface area contributed by atoms with Crippen molar-refractivity contribution in [2.45, 2.75) is 74.1 Å². The van der Waals surface area contributed by atoms with Crippen LogP contribution < -0.4 is 14.7 Å². The molecular weight excluding hydrogens is 570 g/mol. The lowest BCUT2D eigenvalue weighted by molar-refractivity contribution is -0.129. The van der Waals surface area contributed by atoms with Gasteiger partial charge in [0.25, 0.3) is 0 Å². The van der Waals surface area contributed by atoms with Crippen molar-refractivity contribution < 1.29 is 9.59 Å². The van der Waals surface area contributed by atoms with E-state index in [1.165, 1.54) is 16.8 Å². The Hall–Kier alpha value is -2.93. The van der Waals surface area contributed by atoms with Gasteiger partial charge >= 0.3 is 0 Å². The number of fused-ring (bicyclic) bond motifs is 5. The molecule has 0 radical (unpaired) electrons. The van der Waals surface area contributed by atoms with Gasteiger partial charge in [-0.1, -0.05) is 37.1 Å². The Morgan fingerprint density at radius 3 is 2.37 bits per heavy atom. The normalized spacial score (nSPS) is 32.3. The Kier molecular flexibility index (Phi) is 9.28. The number of hydrogen-bond acceptors (Lipinski definition) is 7. The van der Waals surface area contributed by atoms with Gasteiger partial charge in [-0.2, -0.15) is 0 Å². The highest BCUT2D eigenvalue weighted by atomic mass is 16.1. The molecule has 7 nitrogen and oxygen atoms in total. The van der Waals surface area contributed by atoms with Gasteiger partial charge < -0.3 is 14.7 Å². The first kappa shape index (κ1) is 33.0. The van der Waals surface area contributed by atoms with E-state index in [1.54, 1.807) is 6.08 Å². The molecule has 6 rings (SSSR count). The molecule has 5 aliphatic rings. The second-order valence-corrected chi connectivity index (χ2v) is 15.0. The van der Waals surface area contributed by atoms with E-state index < -0.39 is 0 Å². The first-order valence-electron chi connectivity index (χ1n) is 18.2. The number of piperazine rings is 1. The van der Waals surface area contributed by atoms with E-state index in [1.807, 2.05) is 6.08 Å². The monoisotopic (exact) mass is 627 g/mol. The summed E-state index contributed by atoms with van der Waals surface area (Å²) in [6, 6.07) is 4.45. The van der Waals surface area contributed by atoms with E-state index in [4.69, 9.17) is 4.98 Å². The molecule has 6 atom stereocenters. The lowest BCUT2D eigenvalue weighted by atomic mass is 9.52. The standard InChI is InChI=1S/C39H57N5O2/c1-8-42(9-2)33-14-15-35(40-37(33)43(10-3)11-4)44-22-20-41(21-23-44)26-34(46)36-27(5)24-32-30-13-12-28-25-29(45)16-18-38(28,6)31(30)17-19-39(32,36)7/h14-18,25,27,30,32,36H,8-13,19-24,26H2,1-7H3/t27-,30?,32?,36-,38+,39+/m1/s1. The molecule has 1 aromatic rings. The molecule has 1 saturated heterocycles. The Balaban J connectivity index is 1.13. The van der Waals surface area contributed by atoms with Crippen LogP contribution in [0.15, 0.2) is 47.6 Å². The van der Waals surface area contributed by atoms with Crippen molar-refractivity contribution in [1.29, 1.82) is 0 Å². The van der Waals surface area contributed by atoms with Gasteiger partial charge in [-0.25, -0.2) is 4.98 Å². The summed E-state index contributed by atoms with van der Waals surface area (Å²) in [4.78, 5) is 41.1. The predicted molar refractivity (Wildman–Crippen MR) is 190 cm³/mol. The van der Waals surface area contributed by atoms with Crippen LogP contribution in [0.4, 0.5) is 17.3 Å². The van der Waals surface area contributed by atoms with Gasteiger partial charge in [-0.3, -0.25) is 14.5 Å². The van der Waals surface area contributed by atoms with Crippen LogP contribution in [0.3, 0.4) is 0 Å². The second-order valence-electron chi connectivity index (χ2n) is 15.0. The average molecular weight is 628 g/mol. The van der Waals surface area contributed by atoms with Crippen LogP contribution in [0, 0.1) is 34.5 Å². The van der Waals surface area contributed by atoms with Crippen LogP contribution in [-0.2, 0) is 9.59 Å². The topological polar surface area (TPSA) is 60.0 Å². The quantitative estimate of drug-likeness (QED) is 0.273. The molecule has 3 fully saturated rings. The van der Waals surface area contributed by atoms with Gasteiger partial charge in [0.05, 0.1) is 12.2 Å². The molecule has 2 unspecified atom stereocenters. The van der Waals surface area contributed by atoms with Crippen molar-refractivity contribution in [2.24, 2.45) is 34.5 Å². The lowest BCUT2D eigenvalue weighted by Crippen LogP contribution is -2.51. The van der Waals surface area contributed by atoms with Crippen molar-refractivity contribution >= 4 is 28.9 Å². The lowest BCUT2D eigenvalue weighted by Gasteiger charge is -2.52. The van der Waals surface area contributed by atoms with Gasteiger partial charge in [0.1, 0.15) is 5.82 Å². The van der Waals surface area contributed by atoms with Crippen molar-refractivity contribution in [2.75, 3.05) is 73.6 Å². The fourth-order valence-electron chi connectivity index (χ4n) is 10.2. The summed E-state index contributed by atoms with van der Waals surface area (Å²) in [7, 11) is 0. The third-order valence-corrected chi connectivity index (χ3v) is 12.7. The van der Waals surface area contributed by atoms with E-state index >= 15 is 0 Å². The number of Topliss-reactive ketones (excluding diaryl/α,β-unsaturated/α-hetero) is 1. The van der Waals surface area contributed by atoms with E-state index in [-0.39, 0.29) is 22.5 Å². The van der Waals surface area contributed by atoms with Crippen molar-refractivity contribution in [1.82, 2.24) is 9.88 Å². The zero-order valence-electron chi connectivity index (χ0n) is 29.5. The molecule has 4 aliphatic carbocycles. The first-order chi connectivity index (χ1) is 22.1. The fourth-order valence-corrected chi connectivity index (χ4v) is 10.2. The van der Waals surface area contributed by atoms with Crippen molar-refractivity contribution in [3.05, 3.63) is 47.6 Å². The molecule has 0 N–H and O–H groups in total. The highest BCUT2D eigenvalue weighted by Gasteiger charge is 2.59. The minimum atomic E-state index is -0.129. The van der Waals surface area contributed by atoms with Gasteiger partial charge in [-0.15, -0.1) is 0 Å². The summed E-state index contributed by atoms with van der Waals surface area (Å²) in [5.41, 5.74) is 3.89. The first-order valence-corrected chi connectivity index (χ1v) is 18.2. The maximum Gasteiger partial charge on any atom is 0.178 e. The molecule has 7 heteroatoms. The van der Waals surface area contributed by atoms with Crippen LogP contribution in [-0.4, -0.2) is 80.4 Å². The molecule has 1 aliphatic heterocycles. The third-order valence-electron chi connectivity index (χ3n) is 12.7. The fraction of sp³-hybridized carbons (Fsp3) is 0.667. The van der Waals surface area contributed by atoms with E-state index in [0.717, 1.165) is 89.7 Å². The van der Waals surface area contributed by atoms with Crippen LogP contribution in [0.25, 0.3) is 0 Å². The summed E-state index contributed by atoms with van der Waals surface area (Å²) in [6.45, 7) is 23.8.